The van der Waals surface area contributed by atoms with Crippen LogP contribution in [0, 0.1) is 0 Å². The summed E-state index contributed by atoms with van der Waals surface area (Å²) in [5.41, 5.74) is 1.68. The van der Waals surface area contributed by atoms with Gasteiger partial charge in [0.1, 0.15) is 10.8 Å². The second-order valence-corrected chi connectivity index (χ2v) is 9.71. The zero-order chi connectivity index (χ0) is 26.7. The lowest BCUT2D eigenvalue weighted by Crippen LogP contribution is -2.32. The van der Waals surface area contributed by atoms with E-state index in [1.54, 1.807) is 0 Å². The molecule has 0 bridgehead atoms. The Bertz CT molecular complexity index is 1180. The Morgan fingerprint density at radius 3 is 2.17 bits per heavy atom. The Balaban J connectivity index is 2.22. The van der Waals surface area contributed by atoms with Gasteiger partial charge in [0.2, 0.25) is 0 Å². The van der Waals surface area contributed by atoms with Gasteiger partial charge in [-0.15, -0.1) is 0 Å². The number of likely N-dealkylation sites (tertiary alicyclic amines) is 1. The van der Waals surface area contributed by atoms with Crippen LogP contribution in [-0.4, -0.2) is 82.1 Å². The van der Waals surface area contributed by atoms with Gasteiger partial charge in [0.15, 0.2) is 11.5 Å². The van der Waals surface area contributed by atoms with Crippen molar-refractivity contribution in [2.75, 3.05) is 60.4 Å². The van der Waals surface area contributed by atoms with Crippen LogP contribution >= 0.6 is 23.2 Å². The Morgan fingerprint density at radius 2 is 1.64 bits per heavy atom. The number of anilines is 1. The van der Waals surface area contributed by atoms with Crippen LogP contribution in [0.15, 0.2) is 35.9 Å². The number of amides is 1. The van der Waals surface area contributed by atoms with E-state index in [9.17, 15) is 14.7 Å². The van der Waals surface area contributed by atoms with E-state index in [1.807, 2.05) is 62.3 Å². The molecule has 1 atom stereocenters. The molecule has 1 amide bonds. The van der Waals surface area contributed by atoms with E-state index < -0.39 is 23.5 Å². The van der Waals surface area contributed by atoms with Gasteiger partial charge in [0.05, 0.1) is 36.4 Å². The number of nitrogens with zero attached hydrogens (tertiary/aromatic N) is 3. The van der Waals surface area contributed by atoms with Crippen molar-refractivity contribution in [2.45, 2.75) is 12.5 Å². The lowest BCUT2D eigenvalue weighted by atomic mass is 9.94. The van der Waals surface area contributed by atoms with E-state index in [-0.39, 0.29) is 32.7 Å². The van der Waals surface area contributed by atoms with E-state index in [2.05, 4.69) is 0 Å². The first-order chi connectivity index (χ1) is 17.0. The van der Waals surface area contributed by atoms with Crippen molar-refractivity contribution in [1.29, 1.82) is 0 Å². The number of Topliss-reactive ketones (excluding diaryl/α,β-unsaturated/α-hetero) is 1. The SMILES string of the molecule is COc1c(Cl)cc(/C(O)=C2\C(=O)C(=O)N(CCCN(C)C)C2c2ccc(N(C)C)cc2)c(OC)c1Cl. The third kappa shape index (κ3) is 5.26. The fourth-order valence-electron chi connectivity index (χ4n) is 4.26. The van der Waals surface area contributed by atoms with E-state index in [1.165, 1.54) is 25.2 Å². The summed E-state index contributed by atoms with van der Waals surface area (Å²) in [6, 6.07) is 8.11. The van der Waals surface area contributed by atoms with Crippen molar-refractivity contribution in [3.8, 4) is 11.5 Å². The van der Waals surface area contributed by atoms with Gasteiger partial charge in [0.25, 0.3) is 11.7 Å². The zero-order valence-electron chi connectivity index (χ0n) is 21.3. The van der Waals surface area contributed by atoms with Crippen molar-refractivity contribution in [3.05, 3.63) is 57.1 Å². The van der Waals surface area contributed by atoms with Crippen molar-refractivity contribution in [2.24, 2.45) is 0 Å². The Hall–Kier alpha value is -2.94. The normalized spacial score (nSPS) is 17.1. The molecular weight excluding hydrogens is 505 g/mol. The fraction of sp³-hybridized carbons (Fsp3) is 0.385. The van der Waals surface area contributed by atoms with Crippen LogP contribution in [-0.2, 0) is 9.59 Å². The molecule has 2 aromatic rings. The maximum Gasteiger partial charge on any atom is 0.295 e. The predicted octanol–water partition coefficient (Wildman–Crippen LogP) is 4.45. The van der Waals surface area contributed by atoms with Crippen molar-refractivity contribution < 1.29 is 24.2 Å². The van der Waals surface area contributed by atoms with E-state index >= 15 is 0 Å². The number of methoxy groups -OCH3 is 2. The average Bonchev–Trinajstić information content (AvgIpc) is 3.08. The van der Waals surface area contributed by atoms with Crippen molar-refractivity contribution >= 4 is 46.3 Å². The molecule has 3 rings (SSSR count). The van der Waals surface area contributed by atoms with Gasteiger partial charge < -0.3 is 29.3 Å². The second-order valence-electron chi connectivity index (χ2n) is 8.92. The monoisotopic (exact) mass is 535 g/mol. The molecule has 2 aromatic carbocycles. The molecule has 1 fully saturated rings. The largest absolute Gasteiger partial charge is 0.507 e. The molecule has 0 aromatic heterocycles. The Labute approximate surface area is 221 Å². The molecule has 0 radical (unpaired) electrons. The number of hydrogen-bond donors (Lipinski definition) is 1. The average molecular weight is 536 g/mol. The van der Waals surface area contributed by atoms with E-state index in [4.69, 9.17) is 32.7 Å². The standard InChI is InChI=1S/C26H31Cl2N3O5/c1-29(2)12-7-13-31-21(15-8-10-16(11-9-15)30(3)4)19(23(33)26(31)34)22(32)17-14-18(27)25(36-6)20(28)24(17)35-5/h8-11,14,21,32H,7,12-13H2,1-6H3/b22-19+. The Morgan fingerprint density at radius 1 is 1.03 bits per heavy atom. The molecule has 36 heavy (non-hydrogen) atoms. The van der Waals surface area contributed by atoms with Gasteiger partial charge in [-0.2, -0.15) is 0 Å². The lowest BCUT2D eigenvalue weighted by Gasteiger charge is -2.26. The third-order valence-electron chi connectivity index (χ3n) is 6.06. The van der Waals surface area contributed by atoms with Gasteiger partial charge in [-0.05, 0) is 50.8 Å². The number of carbonyl (C=O) groups excluding carboxylic acids is 2. The number of benzene rings is 2. The number of rotatable bonds is 9. The highest BCUT2D eigenvalue weighted by molar-refractivity contribution is 6.47. The van der Waals surface area contributed by atoms with Crippen molar-refractivity contribution in [1.82, 2.24) is 9.80 Å². The maximum atomic E-state index is 13.3. The molecule has 8 nitrogen and oxygen atoms in total. The molecule has 10 heteroatoms. The number of aliphatic hydroxyl groups is 1. The number of carbonyl (C=O) groups is 2. The first-order valence-corrected chi connectivity index (χ1v) is 12.1. The van der Waals surface area contributed by atoms with Crippen LogP contribution in [0.4, 0.5) is 5.69 Å². The number of ketones is 1. The van der Waals surface area contributed by atoms with E-state index in [0.717, 1.165) is 12.2 Å². The summed E-state index contributed by atoms with van der Waals surface area (Å²) >= 11 is 12.8. The van der Waals surface area contributed by atoms with Gasteiger partial charge >= 0.3 is 0 Å². The minimum absolute atomic E-state index is 0.0427. The molecule has 1 aliphatic heterocycles. The summed E-state index contributed by atoms with van der Waals surface area (Å²) in [7, 11) is 10.5. The van der Waals surface area contributed by atoms with Crippen LogP contribution in [0.5, 0.6) is 11.5 Å². The Kier molecular flexibility index (Phi) is 8.76. The predicted molar refractivity (Wildman–Crippen MR) is 143 cm³/mol. The quantitative estimate of drug-likeness (QED) is 0.288. The van der Waals surface area contributed by atoms with Gasteiger partial charge in [-0.3, -0.25) is 9.59 Å². The summed E-state index contributed by atoms with van der Waals surface area (Å²) in [4.78, 5) is 32.0. The highest BCUT2D eigenvalue weighted by Crippen LogP contribution is 2.47. The van der Waals surface area contributed by atoms with Gasteiger partial charge in [-0.25, -0.2) is 0 Å². The minimum Gasteiger partial charge on any atom is -0.507 e. The number of halogens is 2. The fourth-order valence-corrected chi connectivity index (χ4v) is 4.95. The van der Waals surface area contributed by atoms with Crippen LogP contribution in [0.25, 0.3) is 5.76 Å². The van der Waals surface area contributed by atoms with Crippen LogP contribution in [0.3, 0.4) is 0 Å². The molecule has 194 valence electrons. The minimum atomic E-state index is -0.798. The topological polar surface area (TPSA) is 82.5 Å². The summed E-state index contributed by atoms with van der Waals surface area (Å²) < 4.78 is 10.7. The maximum absolute atomic E-state index is 13.3. The third-order valence-corrected chi connectivity index (χ3v) is 6.69. The number of aliphatic hydroxyl groups excluding tert-OH is 1. The molecule has 0 aliphatic carbocycles. The van der Waals surface area contributed by atoms with Crippen LogP contribution in [0.1, 0.15) is 23.6 Å². The van der Waals surface area contributed by atoms with Gasteiger partial charge in [-0.1, -0.05) is 35.3 Å². The first kappa shape index (κ1) is 27.6. The van der Waals surface area contributed by atoms with Crippen LogP contribution < -0.4 is 14.4 Å². The first-order valence-electron chi connectivity index (χ1n) is 11.3. The van der Waals surface area contributed by atoms with Crippen LogP contribution in [0.2, 0.25) is 10.0 Å². The molecule has 0 saturated carbocycles. The molecule has 1 saturated heterocycles. The summed E-state index contributed by atoms with van der Waals surface area (Å²) in [6.07, 6.45) is 0.649. The summed E-state index contributed by atoms with van der Waals surface area (Å²) in [6.45, 7) is 1.06. The summed E-state index contributed by atoms with van der Waals surface area (Å²) in [5.74, 6) is -1.64. The molecule has 1 heterocycles. The lowest BCUT2D eigenvalue weighted by molar-refractivity contribution is -0.139. The van der Waals surface area contributed by atoms with Crippen molar-refractivity contribution in [3.63, 3.8) is 0 Å². The molecular formula is C26H31Cl2N3O5. The smallest absolute Gasteiger partial charge is 0.295 e. The molecule has 1 aliphatic rings. The van der Waals surface area contributed by atoms with Gasteiger partial charge in [0, 0.05) is 26.3 Å². The molecule has 1 unspecified atom stereocenters. The molecule has 0 spiro atoms. The number of hydrogen-bond acceptors (Lipinski definition) is 7. The van der Waals surface area contributed by atoms with E-state index in [0.29, 0.717) is 18.5 Å². The highest BCUT2D eigenvalue weighted by atomic mass is 35.5. The second kappa shape index (κ2) is 11.4. The highest BCUT2D eigenvalue weighted by Gasteiger charge is 2.46. The zero-order valence-corrected chi connectivity index (χ0v) is 22.8. The molecule has 1 N–H and O–H groups in total. The summed E-state index contributed by atoms with van der Waals surface area (Å²) in [5, 5.41) is 11.6. The number of ether oxygens (including phenoxy) is 2.